The van der Waals surface area contributed by atoms with Gasteiger partial charge < -0.3 is 0 Å². The van der Waals surface area contributed by atoms with Crippen molar-refractivity contribution in [2.24, 2.45) is 0 Å². The predicted octanol–water partition coefficient (Wildman–Crippen LogP) is 8.57. The van der Waals surface area contributed by atoms with E-state index in [4.69, 9.17) is 0 Å². The second-order valence-electron chi connectivity index (χ2n) is 7.91. The first-order valence-electron chi connectivity index (χ1n) is 10.7. The van der Waals surface area contributed by atoms with Gasteiger partial charge in [-0.1, -0.05) is 86.8 Å². The molecule has 0 heterocycles. The van der Waals surface area contributed by atoms with E-state index in [0.29, 0.717) is 10.8 Å². The molecule has 0 atom stereocenters. The molecule has 0 amide bonds. The molecular formula is C28H26F2. The summed E-state index contributed by atoms with van der Waals surface area (Å²) in [5.41, 5.74) is 5.81. The van der Waals surface area contributed by atoms with Crippen LogP contribution in [0.2, 0.25) is 0 Å². The smallest absolute Gasteiger partial charge is 0.159 e. The van der Waals surface area contributed by atoms with Crippen LogP contribution in [0.1, 0.15) is 38.2 Å². The van der Waals surface area contributed by atoms with Gasteiger partial charge in [-0.3, -0.25) is 0 Å². The van der Waals surface area contributed by atoms with Gasteiger partial charge >= 0.3 is 0 Å². The fourth-order valence-electron chi connectivity index (χ4n) is 3.90. The number of halogens is 2. The van der Waals surface area contributed by atoms with Gasteiger partial charge in [0.1, 0.15) is 0 Å². The quantitative estimate of drug-likeness (QED) is 0.273. The van der Waals surface area contributed by atoms with Crippen LogP contribution in [0.3, 0.4) is 0 Å². The van der Waals surface area contributed by atoms with Crippen LogP contribution in [0, 0.1) is 11.6 Å². The maximum atomic E-state index is 13.6. The highest BCUT2D eigenvalue weighted by atomic mass is 19.2. The third-order valence-corrected chi connectivity index (χ3v) is 5.70. The van der Waals surface area contributed by atoms with Crippen molar-refractivity contribution in [1.82, 2.24) is 0 Å². The molecule has 2 heteroatoms. The van der Waals surface area contributed by atoms with E-state index in [9.17, 15) is 8.78 Å². The molecule has 4 aromatic carbocycles. The summed E-state index contributed by atoms with van der Waals surface area (Å²) in [4.78, 5) is 0. The average Bonchev–Trinajstić information content (AvgIpc) is 2.78. The van der Waals surface area contributed by atoms with Gasteiger partial charge in [0.2, 0.25) is 0 Å². The zero-order valence-corrected chi connectivity index (χ0v) is 17.3. The van der Waals surface area contributed by atoms with Gasteiger partial charge in [-0.05, 0) is 69.6 Å². The van der Waals surface area contributed by atoms with E-state index in [1.807, 2.05) is 18.2 Å². The van der Waals surface area contributed by atoms with Gasteiger partial charge in [0.25, 0.3) is 0 Å². The molecule has 0 nitrogen and oxygen atoms in total. The Morgan fingerprint density at radius 2 is 1.07 bits per heavy atom. The SMILES string of the molecule is CCCCCCc1ccc(-c2ccc(-c3ccc4cc(F)c(F)cc4c3)cc2)cc1. The fourth-order valence-corrected chi connectivity index (χ4v) is 3.90. The summed E-state index contributed by atoms with van der Waals surface area (Å²) < 4.78 is 27.0. The average molecular weight is 401 g/mol. The monoisotopic (exact) mass is 400 g/mol. The summed E-state index contributed by atoms with van der Waals surface area (Å²) in [6.07, 6.45) is 6.28. The molecular weight excluding hydrogens is 374 g/mol. The Labute approximate surface area is 177 Å². The first kappa shape index (κ1) is 20.3. The zero-order chi connectivity index (χ0) is 20.9. The molecule has 0 aliphatic carbocycles. The van der Waals surface area contributed by atoms with E-state index < -0.39 is 11.6 Å². The third-order valence-electron chi connectivity index (χ3n) is 5.70. The second kappa shape index (κ2) is 9.21. The third kappa shape index (κ3) is 4.59. The molecule has 0 N–H and O–H groups in total. The number of hydrogen-bond donors (Lipinski definition) is 0. The molecule has 4 rings (SSSR count). The fraction of sp³-hybridized carbons (Fsp3) is 0.214. The maximum absolute atomic E-state index is 13.6. The van der Waals surface area contributed by atoms with Crippen LogP contribution in [-0.2, 0) is 6.42 Å². The molecule has 0 fully saturated rings. The Kier molecular flexibility index (Phi) is 6.23. The number of aryl methyl sites for hydroxylation is 1. The van der Waals surface area contributed by atoms with Gasteiger partial charge in [-0.25, -0.2) is 8.78 Å². The predicted molar refractivity (Wildman–Crippen MR) is 123 cm³/mol. The van der Waals surface area contributed by atoms with Crippen LogP contribution in [0.4, 0.5) is 8.78 Å². The summed E-state index contributed by atoms with van der Waals surface area (Å²) in [6.45, 7) is 2.24. The van der Waals surface area contributed by atoms with Crippen LogP contribution in [0.5, 0.6) is 0 Å². The largest absolute Gasteiger partial charge is 0.204 e. The van der Waals surface area contributed by atoms with Crippen LogP contribution in [0.15, 0.2) is 78.9 Å². The number of benzene rings is 4. The first-order chi connectivity index (χ1) is 14.6. The van der Waals surface area contributed by atoms with E-state index in [1.54, 1.807) is 0 Å². The minimum atomic E-state index is -0.816. The lowest BCUT2D eigenvalue weighted by atomic mass is 9.97. The van der Waals surface area contributed by atoms with Crippen molar-refractivity contribution in [3.63, 3.8) is 0 Å². The van der Waals surface area contributed by atoms with Crippen molar-refractivity contribution in [2.75, 3.05) is 0 Å². The van der Waals surface area contributed by atoms with E-state index in [-0.39, 0.29) is 0 Å². The molecule has 0 saturated heterocycles. The van der Waals surface area contributed by atoms with Gasteiger partial charge in [0.05, 0.1) is 0 Å². The maximum Gasteiger partial charge on any atom is 0.159 e. The first-order valence-corrected chi connectivity index (χ1v) is 10.7. The molecule has 0 spiro atoms. The van der Waals surface area contributed by atoms with Gasteiger partial charge in [0.15, 0.2) is 11.6 Å². The second-order valence-corrected chi connectivity index (χ2v) is 7.91. The number of fused-ring (bicyclic) bond motifs is 1. The summed E-state index contributed by atoms with van der Waals surface area (Å²) in [7, 11) is 0. The highest BCUT2D eigenvalue weighted by molar-refractivity contribution is 5.87. The molecule has 4 aromatic rings. The van der Waals surface area contributed by atoms with Gasteiger partial charge in [-0.2, -0.15) is 0 Å². The van der Waals surface area contributed by atoms with Crippen molar-refractivity contribution in [3.8, 4) is 22.3 Å². The van der Waals surface area contributed by atoms with Crippen LogP contribution in [-0.4, -0.2) is 0 Å². The molecule has 30 heavy (non-hydrogen) atoms. The lowest BCUT2D eigenvalue weighted by molar-refractivity contribution is 0.511. The van der Waals surface area contributed by atoms with Crippen LogP contribution < -0.4 is 0 Å². The highest BCUT2D eigenvalue weighted by Crippen LogP contribution is 2.28. The Balaban J connectivity index is 1.50. The number of hydrogen-bond acceptors (Lipinski definition) is 0. The molecule has 152 valence electrons. The van der Waals surface area contributed by atoms with Crippen molar-refractivity contribution >= 4 is 10.8 Å². The zero-order valence-electron chi connectivity index (χ0n) is 17.3. The summed E-state index contributed by atoms with van der Waals surface area (Å²) in [5, 5.41) is 1.40. The Morgan fingerprint density at radius 3 is 1.70 bits per heavy atom. The molecule has 0 radical (unpaired) electrons. The standard InChI is InChI=1S/C28H26F2/c1-2-3-4-5-6-20-7-9-21(10-8-20)22-11-13-23(14-12-22)24-15-16-25-18-27(29)28(30)19-26(25)17-24/h7-19H,2-6H2,1H3. The van der Waals surface area contributed by atoms with Crippen LogP contribution in [0.25, 0.3) is 33.0 Å². The summed E-state index contributed by atoms with van der Waals surface area (Å²) in [5.74, 6) is -1.63. The van der Waals surface area contributed by atoms with Gasteiger partial charge in [0, 0.05) is 0 Å². The Morgan fingerprint density at radius 1 is 0.533 bits per heavy atom. The van der Waals surface area contributed by atoms with Crippen molar-refractivity contribution < 1.29 is 8.78 Å². The minimum absolute atomic E-state index is 0.698. The Hall–Kier alpha value is -3.00. The molecule has 0 aromatic heterocycles. The molecule has 0 unspecified atom stereocenters. The van der Waals surface area contributed by atoms with Crippen molar-refractivity contribution in [1.29, 1.82) is 0 Å². The molecule has 0 bridgehead atoms. The number of rotatable bonds is 7. The Bertz CT molecular complexity index is 1130. The molecule has 0 aliphatic heterocycles. The lowest BCUT2D eigenvalue weighted by Crippen LogP contribution is -1.87. The number of unbranched alkanes of at least 4 members (excludes halogenated alkanes) is 3. The normalized spacial score (nSPS) is 11.2. The van der Waals surface area contributed by atoms with E-state index in [0.717, 1.165) is 17.5 Å². The summed E-state index contributed by atoms with van der Waals surface area (Å²) >= 11 is 0. The van der Waals surface area contributed by atoms with Crippen LogP contribution >= 0.6 is 0 Å². The lowest BCUT2D eigenvalue weighted by Gasteiger charge is -2.08. The molecule has 0 saturated carbocycles. The van der Waals surface area contributed by atoms with E-state index in [1.165, 1.54) is 54.5 Å². The highest BCUT2D eigenvalue weighted by Gasteiger charge is 2.06. The van der Waals surface area contributed by atoms with Gasteiger partial charge in [-0.15, -0.1) is 0 Å². The van der Waals surface area contributed by atoms with Crippen molar-refractivity contribution in [3.05, 3.63) is 96.1 Å². The topological polar surface area (TPSA) is 0 Å². The minimum Gasteiger partial charge on any atom is -0.204 e. The van der Waals surface area contributed by atoms with Crippen molar-refractivity contribution in [2.45, 2.75) is 39.0 Å². The van der Waals surface area contributed by atoms with E-state index >= 15 is 0 Å². The van der Waals surface area contributed by atoms with E-state index in [2.05, 4.69) is 55.5 Å². The summed E-state index contributed by atoms with van der Waals surface area (Å²) in [6, 6.07) is 25.4. The molecule has 0 aliphatic rings.